The van der Waals surface area contributed by atoms with E-state index in [1.165, 1.54) is 12.1 Å². The third-order valence-electron chi connectivity index (χ3n) is 4.40. The number of rotatable bonds is 6. The maximum atomic E-state index is 12.3. The molecule has 32 heavy (non-hydrogen) atoms. The smallest absolute Gasteiger partial charge is 0.262 e. The van der Waals surface area contributed by atoms with Crippen LogP contribution in [0.1, 0.15) is 0 Å². The van der Waals surface area contributed by atoms with Crippen LogP contribution in [0.15, 0.2) is 52.9 Å². The first-order valence-electron chi connectivity index (χ1n) is 9.16. The molecule has 10 heteroatoms. The van der Waals surface area contributed by atoms with Crippen molar-refractivity contribution in [2.75, 3.05) is 19.0 Å². The normalized spacial score (nSPS) is 10.9. The van der Waals surface area contributed by atoms with Gasteiger partial charge in [0, 0.05) is 17.3 Å². The Morgan fingerprint density at radius 2 is 1.69 bits per heavy atom. The fourth-order valence-electron chi connectivity index (χ4n) is 2.88. The van der Waals surface area contributed by atoms with E-state index in [4.69, 9.17) is 60.3 Å². The van der Waals surface area contributed by atoms with E-state index in [0.717, 1.165) is 0 Å². The molecule has 0 aliphatic heterocycles. The molecular formula is C22H14Cl4N2O4. The Morgan fingerprint density at radius 1 is 0.938 bits per heavy atom. The van der Waals surface area contributed by atoms with Gasteiger partial charge >= 0.3 is 0 Å². The number of hydrogen-bond acceptors (Lipinski definition) is 5. The summed E-state index contributed by atoms with van der Waals surface area (Å²) in [4.78, 5) is 16.8. The zero-order valence-corrected chi connectivity index (χ0v) is 19.4. The van der Waals surface area contributed by atoms with Crippen molar-refractivity contribution in [3.8, 4) is 23.0 Å². The van der Waals surface area contributed by atoms with Crippen molar-refractivity contribution in [2.45, 2.75) is 0 Å². The predicted octanol–water partition coefficient (Wildman–Crippen LogP) is 7.13. The second kappa shape index (κ2) is 9.46. The second-order valence-corrected chi connectivity index (χ2v) is 8.21. The lowest BCUT2D eigenvalue weighted by molar-refractivity contribution is -0.118. The molecule has 0 unspecified atom stereocenters. The minimum Gasteiger partial charge on any atom is -0.495 e. The number of carbonyl (C=O) groups excluding carboxylic acids is 1. The van der Waals surface area contributed by atoms with Crippen molar-refractivity contribution in [3.63, 3.8) is 0 Å². The van der Waals surface area contributed by atoms with Gasteiger partial charge in [0.1, 0.15) is 17.0 Å². The molecule has 3 aromatic carbocycles. The number of aromatic nitrogens is 1. The van der Waals surface area contributed by atoms with E-state index in [-0.39, 0.29) is 22.4 Å². The van der Waals surface area contributed by atoms with E-state index in [0.29, 0.717) is 44.0 Å². The number of ether oxygens (including phenoxy) is 2. The standard InChI is InChI=1S/C22H14Cl4N2O4/c1-30-18-4-2-11(6-15(18)25)22-28-17-7-12(3-5-19(17)32-22)27-21(29)10-31-20-9-14(24)13(23)8-16(20)26/h2-9H,10H2,1H3,(H,27,29). The summed E-state index contributed by atoms with van der Waals surface area (Å²) in [7, 11) is 1.54. The quantitative estimate of drug-likeness (QED) is 0.278. The van der Waals surface area contributed by atoms with Crippen molar-refractivity contribution in [3.05, 3.63) is 68.6 Å². The number of amides is 1. The molecule has 1 aromatic heterocycles. The van der Waals surface area contributed by atoms with Crippen molar-refractivity contribution < 1.29 is 18.7 Å². The van der Waals surface area contributed by atoms with Crippen LogP contribution in [-0.4, -0.2) is 24.6 Å². The van der Waals surface area contributed by atoms with Crippen LogP contribution in [0.25, 0.3) is 22.6 Å². The van der Waals surface area contributed by atoms with Gasteiger partial charge in [0.15, 0.2) is 12.2 Å². The van der Waals surface area contributed by atoms with E-state index in [9.17, 15) is 4.79 Å². The average Bonchev–Trinajstić information content (AvgIpc) is 3.18. The fourth-order valence-corrected chi connectivity index (χ4v) is 3.73. The van der Waals surface area contributed by atoms with E-state index in [1.807, 2.05) is 0 Å². The summed E-state index contributed by atoms with van der Waals surface area (Å²) in [5, 5.41) is 4.01. The van der Waals surface area contributed by atoms with E-state index in [2.05, 4.69) is 10.3 Å². The summed E-state index contributed by atoms with van der Waals surface area (Å²) in [5.74, 6) is 0.814. The molecule has 164 valence electrons. The molecule has 0 spiro atoms. The van der Waals surface area contributed by atoms with Gasteiger partial charge in [-0.25, -0.2) is 4.98 Å². The Hall–Kier alpha value is -2.64. The Morgan fingerprint density at radius 3 is 2.44 bits per heavy atom. The van der Waals surface area contributed by atoms with Gasteiger partial charge in [-0.05, 0) is 42.5 Å². The Bertz CT molecular complexity index is 1320. The molecule has 1 amide bonds. The first kappa shape index (κ1) is 22.6. The number of nitrogens with zero attached hydrogens (tertiary/aromatic N) is 1. The number of hydrogen-bond donors (Lipinski definition) is 1. The molecule has 0 fully saturated rings. The Balaban J connectivity index is 1.46. The molecule has 6 nitrogen and oxygen atoms in total. The summed E-state index contributed by atoms with van der Waals surface area (Å²) < 4.78 is 16.4. The van der Waals surface area contributed by atoms with E-state index >= 15 is 0 Å². The third kappa shape index (κ3) is 4.89. The SMILES string of the molecule is COc1ccc(-c2nc3cc(NC(=O)COc4cc(Cl)c(Cl)cc4Cl)ccc3o2)cc1Cl. The summed E-state index contributed by atoms with van der Waals surface area (Å²) >= 11 is 24.1. The molecule has 0 saturated heterocycles. The second-order valence-electron chi connectivity index (χ2n) is 6.58. The Kier molecular flexibility index (Phi) is 6.67. The van der Waals surface area contributed by atoms with Crippen LogP contribution in [0.4, 0.5) is 5.69 Å². The van der Waals surface area contributed by atoms with Gasteiger partial charge in [0.05, 0.1) is 27.2 Å². The van der Waals surface area contributed by atoms with Crippen LogP contribution in [0.5, 0.6) is 11.5 Å². The van der Waals surface area contributed by atoms with E-state index in [1.54, 1.807) is 43.5 Å². The molecule has 0 radical (unpaired) electrons. The van der Waals surface area contributed by atoms with Gasteiger partial charge in [0.2, 0.25) is 5.89 Å². The summed E-state index contributed by atoms with van der Waals surface area (Å²) in [6.07, 6.45) is 0. The molecule has 1 heterocycles. The third-order valence-corrected chi connectivity index (χ3v) is 5.72. The topological polar surface area (TPSA) is 73.6 Å². The van der Waals surface area contributed by atoms with Crippen LogP contribution < -0.4 is 14.8 Å². The lowest BCUT2D eigenvalue weighted by Gasteiger charge is -2.09. The summed E-state index contributed by atoms with van der Waals surface area (Å²) in [6.45, 7) is -0.274. The number of fused-ring (bicyclic) bond motifs is 1. The van der Waals surface area contributed by atoms with Crippen LogP contribution in [0, 0.1) is 0 Å². The average molecular weight is 512 g/mol. The molecule has 0 saturated carbocycles. The van der Waals surface area contributed by atoms with Gasteiger partial charge in [0.25, 0.3) is 5.91 Å². The van der Waals surface area contributed by atoms with Gasteiger partial charge in [-0.1, -0.05) is 46.4 Å². The van der Waals surface area contributed by atoms with Gasteiger partial charge < -0.3 is 19.2 Å². The number of methoxy groups -OCH3 is 1. The largest absolute Gasteiger partial charge is 0.495 e. The molecule has 4 aromatic rings. The lowest BCUT2D eigenvalue weighted by Crippen LogP contribution is -2.20. The lowest BCUT2D eigenvalue weighted by atomic mass is 10.2. The minimum atomic E-state index is -0.392. The Labute approximate surface area is 202 Å². The molecule has 0 bridgehead atoms. The van der Waals surface area contributed by atoms with Gasteiger partial charge in [-0.15, -0.1) is 0 Å². The van der Waals surface area contributed by atoms with Crippen molar-refractivity contribution in [1.82, 2.24) is 4.98 Å². The number of benzene rings is 3. The van der Waals surface area contributed by atoms with Crippen LogP contribution >= 0.6 is 46.4 Å². The predicted molar refractivity (Wildman–Crippen MR) is 127 cm³/mol. The van der Waals surface area contributed by atoms with Crippen LogP contribution in [-0.2, 0) is 4.79 Å². The minimum absolute atomic E-state index is 0.252. The van der Waals surface area contributed by atoms with Crippen molar-refractivity contribution >= 4 is 69.1 Å². The molecule has 0 aliphatic rings. The van der Waals surface area contributed by atoms with E-state index < -0.39 is 5.91 Å². The zero-order valence-electron chi connectivity index (χ0n) is 16.4. The molecule has 0 aliphatic carbocycles. The first-order chi connectivity index (χ1) is 15.3. The van der Waals surface area contributed by atoms with Gasteiger partial charge in [-0.2, -0.15) is 0 Å². The number of carbonyl (C=O) groups is 1. The van der Waals surface area contributed by atoms with Crippen LogP contribution in [0.3, 0.4) is 0 Å². The number of anilines is 1. The number of halogens is 4. The highest BCUT2D eigenvalue weighted by Gasteiger charge is 2.13. The monoisotopic (exact) mass is 510 g/mol. The van der Waals surface area contributed by atoms with Crippen LogP contribution in [0.2, 0.25) is 20.1 Å². The molecular weight excluding hydrogens is 498 g/mol. The maximum absolute atomic E-state index is 12.3. The highest BCUT2D eigenvalue weighted by atomic mass is 35.5. The summed E-state index contributed by atoms with van der Waals surface area (Å²) in [5.41, 5.74) is 2.35. The maximum Gasteiger partial charge on any atom is 0.262 e. The molecule has 4 rings (SSSR count). The zero-order chi connectivity index (χ0) is 22.8. The van der Waals surface area contributed by atoms with Gasteiger partial charge in [-0.3, -0.25) is 4.79 Å². The first-order valence-corrected chi connectivity index (χ1v) is 10.7. The fraction of sp³-hybridized carbons (Fsp3) is 0.0909. The molecule has 1 N–H and O–H groups in total. The molecule has 0 atom stereocenters. The van der Waals surface area contributed by atoms with Crippen molar-refractivity contribution in [2.24, 2.45) is 0 Å². The number of oxazole rings is 1. The highest BCUT2D eigenvalue weighted by Crippen LogP contribution is 2.34. The van der Waals surface area contributed by atoms with Crippen molar-refractivity contribution in [1.29, 1.82) is 0 Å². The number of nitrogens with one attached hydrogen (secondary N) is 1. The highest BCUT2D eigenvalue weighted by molar-refractivity contribution is 6.43. The summed E-state index contributed by atoms with van der Waals surface area (Å²) in [6, 6.07) is 13.2.